The van der Waals surface area contributed by atoms with Crippen LogP contribution in [0.4, 0.5) is 5.69 Å². The van der Waals surface area contributed by atoms with E-state index < -0.39 is 5.41 Å². The Morgan fingerprint density at radius 2 is 1.77 bits per heavy atom. The summed E-state index contributed by atoms with van der Waals surface area (Å²) in [6.07, 6.45) is 0. The minimum atomic E-state index is -0.568. The standard InChI is InChI=1S/C19H21NO2/c1-13-10-11-15(22-4)16-17(13)20(18(21)19(16,2)3)12-14-8-6-5-7-9-14/h5-11H,12H2,1-4H3. The van der Waals surface area contributed by atoms with E-state index in [1.807, 2.05) is 68.1 Å². The minimum Gasteiger partial charge on any atom is -0.496 e. The lowest BCUT2D eigenvalue weighted by atomic mass is 9.85. The molecule has 2 aromatic rings. The van der Waals surface area contributed by atoms with E-state index in [0.717, 1.165) is 28.1 Å². The van der Waals surface area contributed by atoms with Crippen LogP contribution in [0, 0.1) is 6.92 Å². The molecule has 0 spiro atoms. The minimum absolute atomic E-state index is 0.124. The van der Waals surface area contributed by atoms with E-state index in [1.54, 1.807) is 7.11 Å². The first kappa shape index (κ1) is 14.6. The van der Waals surface area contributed by atoms with Gasteiger partial charge in [-0.25, -0.2) is 0 Å². The maximum Gasteiger partial charge on any atom is 0.237 e. The molecule has 0 saturated heterocycles. The summed E-state index contributed by atoms with van der Waals surface area (Å²) in [5, 5.41) is 0. The van der Waals surface area contributed by atoms with Crippen LogP contribution in [0.25, 0.3) is 0 Å². The van der Waals surface area contributed by atoms with E-state index in [9.17, 15) is 4.79 Å². The van der Waals surface area contributed by atoms with E-state index in [0.29, 0.717) is 6.54 Å². The highest BCUT2D eigenvalue weighted by Crippen LogP contribution is 2.48. The number of hydrogen-bond donors (Lipinski definition) is 0. The summed E-state index contributed by atoms with van der Waals surface area (Å²) in [6, 6.07) is 14.1. The smallest absolute Gasteiger partial charge is 0.237 e. The molecule has 0 atom stereocenters. The van der Waals surface area contributed by atoms with Crippen molar-refractivity contribution in [2.75, 3.05) is 12.0 Å². The van der Waals surface area contributed by atoms with Gasteiger partial charge >= 0.3 is 0 Å². The Hall–Kier alpha value is -2.29. The van der Waals surface area contributed by atoms with Crippen LogP contribution in [-0.4, -0.2) is 13.0 Å². The highest BCUT2D eigenvalue weighted by atomic mass is 16.5. The van der Waals surface area contributed by atoms with Crippen molar-refractivity contribution in [2.45, 2.75) is 32.7 Å². The Morgan fingerprint density at radius 1 is 1.09 bits per heavy atom. The van der Waals surface area contributed by atoms with Gasteiger partial charge in [-0.1, -0.05) is 36.4 Å². The van der Waals surface area contributed by atoms with Crippen molar-refractivity contribution < 1.29 is 9.53 Å². The molecule has 2 aromatic carbocycles. The van der Waals surface area contributed by atoms with Gasteiger partial charge in [0, 0.05) is 5.56 Å². The van der Waals surface area contributed by atoms with E-state index in [2.05, 4.69) is 0 Å². The van der Waals surface area contributed by atoms with E-state index in [-0.39, 0.29) is 5.91 Å². The molecular weight excluding hydrogens is 274 g/mol. The third-order valence-corrected chi connectivity index (χ3v) is 4.42. The zero-order valence-electron chi connectivity index (χ0n) is 13.5. The van der Waals surface area contributed by atoms with Gasteiger partial charge in [0.1, 0.15) is 5.75 Å². The zero-order valence-corrected chi connectivity index (χ0v) is 13.5. The van der Waals surface area contributed by atoms with Gasteiger partial charge in [0.2, 0.25) is 5.91 Å². The molecule has 0 radical (unpaired) electrons. The number of nitrogens with zero attached hydrogens (tertiary/aromatic N) is 1. The van der Waals surface area contributed by atoms with Crippen LogP contribution in [-0.2, 0) is 16.8 Å². The Morgan fingerprint density at radius 3 is 2.41 bits per heavy atom. The first-order chi connectivity index (χ1) is 10.5. The van der Waals surface area contributed by atoms with Crippen LogP contribution in [0.1, 0.15) is 30.5 Å². The van der Waals surface area contributed by atoms with Gasteiger partial charge in [-0.15, -0.1) is 0 Å². The molecule has 0 N–H and O–H groups in total. The van der Waals surface area contributed by atoms with Crippen molar-refractivity contribution in [1.82, 2.24) is 0 Å². The van der Waals surface area contributed by atoms with Crippen molar-refractivity contribution in [3.8, 4) is 5.75 Å². The molecule has 1 aliphatic rings. The molecule has 0 aliphatic carbocycles. The molecule has 3 nitrogen and oxygen atoms in total. The molecule has 3 heteroatoms. The maximum atomic E-state index is 13.0. The monoisotopic (exact) mass is 295 g/mol. The first-order valence-electron chi connectivity index (χ1n) is 7.50. The van der Waals surface area contributed by atoms with Crippen molar-refractivity contribution in [1.29, 1.82) is 0 Å². The van der Waals surface area contributed by atoms with Crippen molar-refractivity contribution in [2.24, 2.45) is 0 Å². The summed E-state index contributed by atoms with van der Waals surface area (Å²) in [5.74, 6) is 0.911. The Balaban J connectivity index is 2.14. The Labute approximate surface area is 131 Å². The topological polar surface area (TPSA) is 29.5 Å². The van der Waals surface area contributed by atoms with Crippen molar-refractivity contribution >= 4 is 11.6 Å². The van der Waals surface area contributed by atoms with E-state index in [4.69, 9.17) is 4.74 Å². The van der Waals surface area contributed by atoms with Gasteiger partial charge in [-0.3, -0.25) is 4.79 Å². The number of ether oxygens (including phenoxy) is 1. The quantitative estimate of drug-likeness (QED) is 0.861. The summed E-state index contributed by atoms with van der Waals surface area (Å²) < 4.78 is 5.52. The molecule has 0 bridgehead atoms. The molecule has 3 rings (SSSR count). The van der Waals surface area contributed by atoms with E-state index >= 15 is 0 Å². The molecular formula is C19H21NO2. The molecule has 0 fully saturated rings. The third-order valence-electron chi connectivity index (χ3n) is 4.42. The highest BCUT2D eigenvalue weighted by molar-refractivity contribution is 6.09. The second-order valence-electron chi connectivity index (χ2n) is 6.31. The number of methoxy groups -OCH3 is 1. The number of hydrogen-bond acceptors (Lipinski definition) is 2. The molecule has 0 aromatic heterocycles. The number of amides is 1. The number of carbonyl (C=O) groups excluding carboxylic acids is 1. The summed E-state index contributed by atoms with van der Waals surface area (Å²) in [7, 11) is 1.66. The lowest BCUT2D eigenvalue weighted by Crippen LogP contribution is -2.35. The Kier molecular flexibility index (Phi) is 3.44. The van der Waals surface area contributed by atoms with Crippen molar-refractivity contribution in [3.05, 3.63) is 59.2 Å². The van der Waals surface area contributed by atoms with Crippen LogP contribution in [0.3, 0.4) is 0 Å². The average Bonchev–Trinajstić information content (AvgIpc) is 2.71. The number of rotatable bonds is 3. The van der Waals surface area contributed by atoms with Gasteiger partial charge in [-0.05, 0) is 38.0 Å². The van der Waals surface area contributed by atoms with Crippen LogP contribution in [0.2, 0.25) is 0 Å². The van der Waals surface area contributed by atoms with Crippen LogP contribution in [0.15, 0.2) is 42.5 Å². The number of benzene rings is 2. The lowest BCUT2D eigenvalue weighted by molar-refractivity contribution is -0.122. The fourth-order valence-corrected chi connectivity index (χ4v) is 3.26. The summed E-state index contributed by atoms with van der Waals surface area (Å²) in [5.41, 5.74) is 3.66. The molecule has 1 amide bonds. The number of carbonyl (C=O) groups is 1. The molecule has 1 aliphatic heterocycles. The van der Waals surface area contributed by atoms with Crippen LogP contribution >= 0.6 is 0 Å². The van der Waals surface area contributed by atoms with Crippen LogP contribution < -0.4 is 9.64 Å². The van der Waals surface area contributed by atoms with Gasteiger partial charge in [0.15, 0.2) is 0 Å². The third kappa shape index (κ3) is 2.08. The van der Waals surface area contributed by atoms with Gasteiger partial charge in [-0.2, -0.15) is 0 Å². The SMILES string of the molecule is COc1ccc(C)c2c1C(C)(C)C(=O)N2Cc1ccccc1. The largest absolute Gasteiger partial charge is 0.496 e. The van der Waals surface area contributed by atoms with E-state index in [1.165, 1.54) is 0 Å². The molecule has 114 valence electrons. The number of fused-ring (bicyclic) bond motifs is 1. The summed E-state index contributed by atoms with van der Waals surface area (Å²) >= 11 is 0. The first-order valence-corrected chi connectivity index (χ1v) is 7.50. The summed E-state index contributed by atoms with van der Waals surface area (Å²) in [4.78, 5) is 14.9. The van der Waals surface area contributed by atoms with Gasteiger partial charge in [0.25, 0.3) is 0 Å². The highest BCUT2D eigenvalue weighted by Gasteiger charge is 2.46. The molecule has 0 unspecified atom stereocenters. The molecule has 0 saturated carbocycles. The number of anilines is 1. The molecule has 22 heavy (non-hydrogen) atoms. The second kappa shape index (κ2) is 5.16. The predicted octanol–water partition coefficient (Wildman–Crippen LogP) is 3.83. The average molecular weight is 295 g/mol. The number of aryl methyl sites for hydroxylation is 1. The Bertz CT molecular complexity index is 720. The fourth-order valence-electron chi connectivity index (χ4n) is 3.26. The lowest BCUT2D eigenvalue weighted by Gasteiger charge is -2.21. The van der Waals surface area contributed by atoms with Crippen LogP contribution in [0.5, 0.6) is 5.75 Å². The second-order valence-corrected chi connectivity index (χ2v) is 6.31. The summed E-state index contributed by atoms with van der Waals surface area (Å²) in [6.45, 7) is 6.58. The van der Waals surface area contributed by atoms with Gasteiger partial charge < -0.3 is 9.64 Å². The molecule has 1 heterocycles. The normalized spacial score (nSPS) is 15.8. The fraction of sp³-hybridized carbons (Fsp3) is 0.316. The maximum absolute atomic E-state index is 13.0. The zero-order chi connectivity index (χ0) is 15.9. The predicted molar refractivity (Wildman–Crippen MR) is 88.4 cm³/mol. The van der Waals surface area contributed by atoms with Crippen molar-refractivity contribution in [3.63, 3.8) is 0 Å². The van der Waals surface area contributed by atoms with Gasteiger partial charge in [0.05, 0.1) is 24.8 Å².